The van der Waals surface area contributed by atoms with E-state index in [2.05, 4.69) is 10.3 Å². The van der Waals surface area contributed by atoms with Gasteiger partial charge in [-0.1, -0.05) is 0 Å². The normalized spacial score (nSPS) is 13.5. The first-order valence-corrected chi connectivity index (χ1v) is 11.0. The first kappa shape index (κ1) is 20.8. The lowest BCUT2D eigenvalue weighted by atomic mass is 10.2. The van der Waals surface area contributed by atoms with Crippen molar-refractivity contribution in [2.45, 2.75) is 12.8 Å². The minimum atomic E-state index is -0.164. The van der Waals surface area contributed by atoms with E-state index < -0.39 is 0 Å². The van der Waals surface area contributed by atoms with Gasteiger partial charge in [0.1, 0.15) is 5.82 Å². The fourth-order valence-corrected chi connectivity index (χ4v) is 4.05. The van der Waals surface area contributed by atoms with Crippen LogP contribution in [0.3, 0.4) is 0 Å². The number of rotatable bonds is 5. The van der Waals surface area contributed by atoms with Crippen LogP contribution in [0.4, 0.5) is 17.1 Å². The maximum atomic E-state index is 12.6. The van der Waals surface area contributed by atoms with Gasteiger partial charge in [0.15, 0.2) is 0 Å². The molecule has 7 heteroatoms. The molecule has 2 amide bonds. The Labute approximate surface area is 192 Å². The molecule has 1 aromatic heterocycles. The van der Waals surface area contributed by atoms with Crippen molar-refractivity contribution in [2.24, 2.45) is 0 Å². The second kappa shape index (κ2) is 8.43. The summed E-state index contributed by atoms with van der Waals surface area (Å²) in [6.07, 6.45) is 1.52. The maximum Gasteiger partial charge on any atom is 0.255 e. The molecule has 0 unspecified atom stereocenters. The molecule has 4 aromatic rings. The molecule has 0 radical (unpaired) electrons. The van der Waals surface area contributed by atoms with Gasteiger partial charge in [-0.2, -0.15) is 0 Å². The van der Waals surface area contributed by atoms with Gasteiger partial charge >= 0.3 is 0 Å². The monoisotopic (exact) mass is 439 g/mol. The van der Waals surface area contributed by atoms with Crippen LogP contribution in [0.2, 0.25) is 0 Å². The van der Waals surface area contributed by atoms with Crippen molar-refractivity contribution in [1.82, 2.24) is 9.97 Å². The summed E-state index contributed by atoms with van der Waals surface area (Å²) in [5.41, 5.74) is 5.83. The number of anilines is 3. The molecule has 7 nitrogen and oxygen atoms in total. The number of aromatic amines is 1. The Morgan fingerprint density at radius 2 is 1.79 bits per heavy atom. The molecule has 0 bridgehead atoms. The molecule has 1 aliphatic heterocycles. The fourth-order valence-electron chi connectivity index (χ4n) is 4.05. The summed E-state index contributed by atoms with van der Waals surface area (Å²) in [6, 6.07) is 21.0. The van der Waals surface area contributed by atoms with Crippen LogP contribution in [0.5, 0.6) is 0 Å². The van der Waals surface area contributed by atoms with Crippen molar-refractivity contribution < 1.29 is 9.59 Å². The molecule has 0 atom stereocenters. The lowest BCUT2D eigenvalue weighted by molar-refractivity contribution is -0.117. The molecule has 1 aliphatic rings. The number of amides is 2. The lowest BCUT2D eigenvalue weighted by Crippen LogP contribution is -2.23. The smallest absolute Gasteiger partial charge is 0.255 e. The number of carbonyl (C=O) groups is 2. The van der Waals surface area contributed by atoms with E-state index in [9.17, 15) is 9.59 Å². The number of fused-ring (bicyclic) bond motifs is 1. The predicted octanol–water partition coefficient (Wildman–Crippen LogP) is 4.68. The van der Waals surface area contributed by atoms with Crippen molar-refractivity contribution in [2.75, 3.05) is 35.8 Å². The summed E-state index contributed by atoms with van der Waals surface area (Å²) in [6.45, 7) is 0.775. The second-order valence-electron chi connectivity index (χ2n) is 8.41. The van der Waals surface area contributed by atoms with E-state index in [1.807, 2.05) is 90.6 Å². The third kappa shape index (κ3) is 4.17. The molecule has 0 spiro atoms. The summed E-state index contributed by atoms with van der Waals surface area (Å²) in [7, 11) is 3.93. The van der Waals surface area contributed by atoms with Gasteiger partial charge < -0.3 is 20.1 Å². The van der Waals surface area contributed by atoms with Crippen LogP contribution in [-0.4, -0.2) is 42.4 Å². The molecule has 3 aromatic carbocycles. The van der Waals surface area contributed by atoms with Gasteiger partial charge in [-0.3, -0.25) is 9.59 Å². The van der Waals surface area contributed by atoms with E-state index in [4.69, 9.17) is 4.98 Å². The Bertz CT molecular complexity index is 1320. The molecule has 1 saturated heterocycles. The highest BCUT2D eigenvalue weighted by Crippen LogP contribution is 2.27. The fraction of sp³-hybridized carbons (Fsp3) is 0.192. The van der Waals surface area contributed by atoms with Crippen molar-refractivity contribution in [3.8, 4) is 11.4 Å². The molecular formula is C26H25N5O2. The number of aromatic nitrogens is 2. The number of carbonyl (C=O) groups excluding carboxylic acids is 2. The Balaban J connectivity index is 1.33. The number of H-pyrrole nitrogens is 1. The van der Waals surface area contributed by atoms with Crippen LogP contribution in [0, 0.1) is 0 Å². The summed E-state index contributed by atoms with van der Waals surface area (Å²) in [5.74, 6) is 0.754. The Hall–Kier alpha value is -4.13. The third-order valence-electron chi connectivity index (χ3n) is 5.91. The van der Waals surface area contributed by atoms with E-state index in [1.54, 1.807) is 0 Å². The first-order valence-electron chi connectivity index (χ1n) is 11.0. The first-order chi connectivity index (χ1) is 16.0. The van der Waals surface area contributed by atoms with E-state index in [0.717, 1.165) is 46.8 Å². The van der Waals surface area contributed by atoms with Gasteiger partial charge in [0, 0.05) is 55.2 Å². The zero-order valence-corrected chi connectivity index (χ0v) is 18.6. The molecule has 33 heavy (non-hydrogen) atoms. The van der Waals surface area contributed by atoms with Crippen molar-refractivity contribution in [3.63, 3.8) is 0 Å². The van der Waals surface area contributed by atoms with Gasteiger partial charge in [0.05, 0.1) is 11.0 Å². The minimum Gasteiger partial charge on any atom is -0.378 e. The highest BCUT2D eigenvalue weighted by Gasteiger charge is 2.21. The van der Waals surface area contributed by atoms with Gasteiger partial charge in [0.25, 0.3) is 5.91 Å². The second-order valence-corrected chi connectivity index (χ2v) is 8.41. The van der Waals surface area contributed by atoms with E-state index in [-0.39, 0.29) is 11.8 Å². The molecule has 0 saturated carbocycles. The zero-order chi connectivity index (χ0) is 22.9. The quantitative estimate of drug-likeness (QED) is 0.473. The summed E-state index contributed by atoms with van der Waals surface area (Å²) in [5, 5.41) is 2.95. The van der Waals surface area contributed by atoms with E-state index in [0.29, 0.717) is 17.7 Å². The van der Waals surface area contributed by atoms with Crippen LogP contribution in [0.25, 0.3) is 22.4 Å². The standard InChI is InChI=1S/C26H25N5O2/c1-30(2)20-10-7-18(8-11-20)26(33)27-19-9-14-22-23(16-19)29-25(28-22)17-5-12-21(13-6-17)31-15-3-4-24(31)32/h5-14,16H,3-4,15H2,1-2H3,(H,27,33)(H,28,29). The predicted molar refractivity (Wildman–Crippen MR) is 132 cm³/mol. The average Bonchev–Trinajstić information content (AvgIpc) is 3.45. The number of nitrogens with one attached hydrogen (secondary N) is 2. The SMILES string of the molecule is CN(C)c1ccc(C(=O)Nc2ccc3[nH]c(-c4ccc(N5CCCC5=O)cc4)nc3c2)cc1. The largest absolute Gasteiger partial charge is 0.378 e. The molecule has 2 N–H and O–H groups in total. The summed E-state index contributed by atoms with van der Waals surface area (Å²) >= 11 is 0. The van der Waals surface area contributed by atoms with Gasteiger partial charge in [-0.15, -0.1) is 0 Å². The number of imidazole rings is 1. The van der Waals surface area contributed by atoms with Crippen molar-refractivity contribution >= 4 is 39.9 Å². The molecule has 5 rings (SSSR count). The third-order valence-corrected chi connectivity index (χ3v) is 5.91. The van der Waals surface area contributed by atoms with Gasteiger partial charge in [-0.25, -0.2) is 4.98 Å². The number of hydrogen-bond donors (Lipinski definition) is 2. The number of nitrogens with zero attached hydrogens (tertiary/aromatic N) is 3. The number of hydrogen-bond acceptors (Lipinski definition) is 4. The van der Waals surface area contributed by atoms with Crippen molar-refractivity contribution in [3.05, 3.63) is 72.3 Å². The average molecular weight is 440 g/mol. The van der Waals surface area contributed by atoms with Gasteiger partial charge in [-0.05, 0) is 73.2 Å². The van der Waals surface area contributed by atoms with Crippen LogP contribution in [0.15, 0.2) is 66.7 Å². The Kier molecular flexibility index (Phi) is 5.30. The maximum absolute atomic E-state index is 12.6. The topological polar surface area (TPSA) is 81.3 Å². The summed E-state index contributed by atoms with van der Waals surface area (Å²) in [4.78, 5) is 36.5. The van der Waals surface area contributed by atoms with Crippen LogP contribution in [0.1, 0.15) is 23.2 Å². The van der Waals surface area contributed by atoms with Crippen molar-refractivity contribution in [1.29, 1.82) is 0 Å². The molecule has 2 heterocycles. The van der Waals surface area contributed by atoms with Gasteiger partial charge in [0.2, 0.25) is 5.91 Å². The molecular weight excluding hydrogens is 414 g/mol. The van der Waals surface area contributed by atoms with Crippen LogP contribution < -0.4 is 15.1 Å². The molecule has 166 valence electrons. The van der Waals surface area contributed by atoms with E-state index in [1.165, 1.54) is 0 Å². The lowest BCUT2D eigenvalue weighted by Gasteiger charge is -2.15. The Morgan fingerprint density at radius 1 is 1.03 bits per heavy atom. The highest BCUT2D eigenvalue weighted by atomic mass is 16.2. The minimum absolute atomic E-state index is 0.164. The highest BCUT2D eigenvalue weighted by molar-refractivity contribution is 6.05. The molecule has 1 fully saturated rings. The summed E-state index contributed by atoms with van der Waals surface area (Å²) < 4.78 is 0. The van der Waals surface area contributed by atoms with Crippen LogP contribution >= 0.6 is 0 Å². The van der Waals surface area contributed by atoms with E-state index >= 15 is 0 Å². The Morgan fingerprint density at radius 3 is 2.45 bits per heavy atom. The number of benzene rings is 3. The van der Waals surface area contributed by atoms with Crippen LogP contribution in [-0.2, 0) is 4.79 Å². The zero-order valence-electron chi connectivity index (χ0n) is 18.6. The molecule has 0 aliphatic carbocycles.